The summed E-state index contributed by atoms with van der Waals surface area (Å²) in [5.41, 5.74) is 1.50. The van der Waals surface area contributed by atoms with Crippen molar-refractivity contribution in [3.8, 4) is 0 Å². The van der Waals surface area contributed by atoms with Crippen LogP contribution in [0.1, 0.15) is 31.0 Å². The third-order valence-corrected chi connectivity index (χ3v) is 4.20. The number of amides is 2. The van der Waals surface area contributed by atoms with Gasteiger partial charge in [-0.15, -0.1) is 0 Å². The number of carbonyl (C=O) groups is 1. The second-order valence-electron chi connectivity index (χ2n) is 6.89. The molecule has 1 heterocycles. The molecule has 2 N–H and O–H groups in total. The van der Waals surface area contributed by atoms with Crippen LogP contribution in [0, 0.1) is 5.41 Å². The average Bonchev–Trinajstić information content (AvgIpc) is 2.60. The van der Waals surface area contributed by atoms with Crippen molar-refractivity contribution in [2.75, 3.05) is 20.2 Å². The Morgan fingerprint density at radius 2 is 1.76 bits per heavy atom. The number of benzene rings is 1. The Morgan fingerprint density at radius 3 is 2.32 bits per heavy atom. The molecule has 134 valence electrons. The van der Waals surface area contributed by atoms with Crippen molar-refractivity contribution < 1.29 is 9.90 Å². The van der Waals surface area contributed by atoms with Gasteiger partial charge in [0.05, 0.1) is 6.04 Å². The monoisotopic (exact) mass is 361 g/mol. The van der Waals surface area contributed by atoms with Crippen molar-refractivity contribution in [2.45, 2.75) is 19.9 Å². The number of nitrogens with one attached hydrogen (secondary N) is 1. The highest BCUT2D eigenvalue weighted by atomic mass is 35.5. The summed E-state index contributed by atoms with van der Waals surface area (Å²) in [4.78, 5) is 18.3. The second-order valence-corrected chi connectivity index (χ2v) is 7.33. The van der Waals surface area contributed by atoms with E-state index in [2.05, 4.69) is 10.3 Å². The first-order chi connectivity index (χ1) is 11.8. The lowest BCUT2D eigenvalue weighted by Gasteiger charge is -2.30. The van der Waals surface area contributed by atoms with Crippen molar-refractivity contribution in [3.05, 3.63) is 64.9 Å². The lowest BCUT2D eigenvalue weighted by molar-refractivity contribution is 0.121. The Hall–Kier alpha value is -2.11. The Balaban J connectivity index is 2.22. The van der Waals surface area contributed by atoms with E-state index < -0.39 is 0 Å². The zero-order chi connectivity index (χ0) is 18.4. The molecule has 1 aromatic carbocycles. The SMILES string of the molecule is CN(CC(C)(C)CO)C(=O)NC(c1ccncc1)c1ccc(Cl)cc1. The molecule has 1 aromatic heterocycles. The minimum absolute atomic E-state index is 0.00951. The fourth-order valence-corrected chi connectivity index (χ4v) is 2.69. The van der Waals surface area contributed by atoms with Gasteiger partial charge in [0.2, 0.25) is 0 Å². The summed E-state index contributed by atoms with van der Waals surface area (Å²) in [5.74, 6) is 0. The van der Waals surface area contributed by atoms with Gasteiger partial charge in [0.15, 0.2) is 0 Å². The van der Waals surface area contributed by atoms with Crippen molar-refractivity contribution in [1.82, 2.24) is 15.2 Å². The van der Waals surface area contributed by atoms with Crippen molar-refractivity contribution in [3.63, 3.8) is 0 Å². The van der Waals surface area contributed by atoms with E-state index in [1.165, 1.54) is 0 Å². The molecular formula is C19H24ClN3O2. The normalized spacial score (nSPS) is 12.5. The highest BCUT2D eigenvalue weighted by Gasteiger charge is 2.24. The number of aliphatic hydroxyl groups excluding tert-OH is 1. The summed E-state index contributed by atoms with van der Waals surface area (Å²) in [6.07, 6.45) is 3.39. The third kappa shape index (κ3) is 5.44. The van der Waals surface area contributed by atoms with E-state index in [-0.39, 0.29) is 24.1 Å². The van der Waals surface area contributed by atoms with Gasteiger partial charge in [-0.2, -0.15) is 0 Å². The quantitative estimate of drug-likeness (QED) is 0.827. The topological polar surface area (TPSA) is 65.5 Å². The highest BCUT2D eigenvalue weighted by Crippen LogP contribution is 2.24. The number of halogens is 1. The van der Waals surface area contributed by atoms with E-state index in [4.69, 9.17) is 11.6 Å². The van der Waals surface area contributed by atoms with Crippen LogP contribution in [-0.2, 0) is 0 Å². The van der Waals surface area contributed by atoms with Crippen LogP contribution in [0.4, 0.5) is 4.79 Å². The zero-order valence-electron chi connectivity index (χ0n) is 14.7. The summed E-state index contributed by atoms with van der Waals surface area (Å²) in [5, 5.41) is 13.1. The van der Waals surface area contributed by atoms with E-state index in [0.29, 0.717) is 11.6 Å². The van der Waals surface area contributed by atoms with Crippen molar-refractivity contribution >= 4 is 17.6 Å². The second kappa shape index (κ2) is 8.32. The molecule has 0 saturated heterocycles. The van der Waals surface area contributed by atoms with Gasteiger partial charge in [0.25, 0.3) is 0 Å². The van der Waals surface area contributed by atoms with E-state index in [1.807, 2.05) is 38.1 Å². The standard InChI is InChI=1S/C19H24ClN3O2/c1-19(2,13-24)12-23(3)18(25)22-17(15-8-10-21-11-9-15)14-4-6-16(20)7-5-14/h4-11,17,24H,12-13H2,1-3H3,(H,22,25). The number of aromatic nitrogens is 1. The summed E-state index contributed by atoms with van der Waals surface area (Å²) < 4.78 is 0. The van der Waals surface area contributed by atoms with Crippen LogP contribution >= 0.6 is 11.6 Å². The number of aliphatic hydroxyl groups is 1. The Morgan fingerprint density at radius 1 is 1.20 bits per heavy atom. The largest absolute Gasteiger partial charge is 0.396 e. The Bertz CT molecular complexity index is 690. The molecule has 1 unspecified atom stereocenters. The smallest absolute Gasteiger partial charge is 0.317 e. The van der Waals surface area contributed by atoms with E-state index in [9.17, 15) is 9.90 Å². The van der Waals surface area contributed by atoms with Gasteiger partial charge in [0.1, 0.15) is 0 Å². The van der Waals surface area contributed by atoms with Crippen LogP contribution in [0.5, 0.6) is 0 Å². The zero-order valence-corrected chi connectivity index (χ0v) is 15.5. The fraction of sp³-hybridized carbons (Fsp3) is 0.368. The average molecular weight is 362 g/mol. The number of nitrogens with zero attached hydrogens (tertiary/aromatic N) is 2. The summed E-state index contributed by atoms with van der Waals surface area (Å²) >= 11 is 5.98. The predicted octanol–water partition coefficient (Wildman–Crippen LogP) is 3.48. The number of hydrogen-bond donors (Lipinski definition) is 2. The van der Waals surface area contributed by atoms with Crippen LogP contribution in [0.25, 0.3) is 0 Å². The molecule has 0 aliphatic carbocycles. The predicted molar refractivity (Wildman–Crippen MR) is 99.6 cm³/mol. The number of hydrogen-bond acceptors (Lipinski definition) is 3. The molecule has 6 heteroatoms. The molecule has 0 bridgehead atoms. The number of pyridine rings is 1. The van der Waals surface area contributed by atoms with Gasteiger partial charge in [-0.25, -0.2) is 4.79 Å². The van der Waals surface area contributed by atoms with Gasteiger partial charge >= 0.3 is 6.03 Å². The molecule has 0 spiro atoms. The Kier molecular flexibility index (Phi) is 6.39. The number of urea groups is 1. The maximum atomic E-state index is 12.7. The molecule has 0 aliphatic rings. The van der Waals surface area contributed by atoms with Crippen molar-refractivity contribution in [1.29, 1.82) is 0 Å². The van der Waals surface area contributed by atoms with Crippen LogP contribution < -0.4 is 5.32 Å². The van der Waals surface area contributed by atoms with E-state index in [0.717, 1.165) is 11.1 Å². The molecule has 0 radical (unpaired) electrons. The molecule has 0 aliphatic heterocycles. The summed E-state index contributed by atoms with van der Waals surface area (Å²) in [6, 6.07) is 10.6. The first-order valence-corrected chi connectivity index (χ1v) is 8.48. The van der Waals surface area contributed by atoms with Crippen LogP contribution in [0.15, 0.2) is 48.8 Å². The maximum absolute atomic E-state index is 12.7. The van der Waals surface area contributed by atoms with Gasteiger partial charge in [-0.05, 0) is 35.4 Å². The molecule has 0 fully saturated rings. The van der Waals surface area contributed by atoms with E-state index >= 15 is 0 Å². The van der Waals surface area contributed by atoms with Gasteiger partial charge in [-0.3, -0.25) is 4.98 Å². The summed E-state index contributed by atoms with van der Waals surface area (Å²) in [7, 11) is 1.72. The molecule has 1 atom stereocenters. The highest BCUT2D eigenvalue weighted by molar-refractivity contribution is 6.30. The lowest BCUT2D eigenvalue weighted by atomic mass is 9.94. The molecule has 25 heavy (non-hydrogen) atoms. The van der Waals surface area contributed by atoms with Gasteiger partial charge < -0.3 is 15.3 Å². The van der Waals surface area contributed by atoms with E-state index in [1.54, 1.807) is 36.5 Å². The van der Waals surface area contributed by atoms with Crippen LogP contribution in [-0.4, -0.2) is 41.2 Å². The van der Waals surface area contributed by atoms with Gasteiger partial charge in [0, 0.05) is 43.0 Å². The molecule has 0 saturated carbocycles. The molecule has 2 aromatic rings. The summed E-state index contributed by atoms with van der Waals surface area (Å²) in [6.45, 7) is 4.28. The van der Waals surface area contributed by atoms with Crippen LogP contribution in [0.2, 0.25) is 5.02 Å². The molecular weight excluding hydrogens is 338 g/mol. The molecule has 5 nitrogen and oxygen atoms in total. The molecule has 2 rings (SSSR count). The Labute approximate surface area is 153 Å². The third-order valence-electron chi connectivity index (χ3n) is 3.95. The number of rotatable bonds is 6. The minimum Gasteiger partial charge on any atom is -0.396 e. The molecule has 2 amide bonds. The fourth-order valence-electron chi connectivity index (χ4n) is 2.57. The van der Waals surface area contributed by atoms with Crippen LogP contribution in [0.3, 0.4) is 0 Å². The minimum atomic E-state index is -0.363. The van der Waals surface area contributed by atoms with Crippen molar-refractivity contribution in [2.24, 2.45) is 5.41 Å². The number of carbonyl (C=O) groups excluding carboxylic acids is 1. The van der Waals surface area contributed by atoms with Gasteiger partial charge in [-0.1, -0.05) is 37.6 Å². The first-order valence-electron chi connectivity index (χ1n) is 8.10. The lowest BCUT2D eigenvalue weighted by Crippen LogP contribution is -2.44. The maximum Gasteiger partial charge on any atom is 0.317 e. The first kappa shape index (κ1) is 19.2.